The average molecular weight is 445 g/mol. The van der Waals surface area contributed by atoms with Gasteiger partial charge in [0.15, 0.2) is 0 Å². The van der Waals surface area contributed by atoms with Gasteiger partial charge in [-0.25, -0.2) is 4.39 Å². The monoisotopic (exact) mass is 444 g/mol. The molecule has 1 saturated heterocycles. The molecular formula is C29H33FN2O. The Labute approximate surface area is 196 Å². The lowest BCUT2D eigenvalue weighted by atomic mass is 9.94. The van der Waals surface area contributed by atoms with E-state index in [0.717, 1.165) is 44.8 Å². The van der Waals surface area contributed by atoms with E-state index in [9.17, 15) is 4.39 Å². The van der Waals surface area contributed by atoms with Crippen LogP contribution in [-0.4, -0.2) is 44.2 Å². The summed E-state index contributed by atoms with van der Waals surface area (Å²) in [7, 11) is 1.72. The van der Waals surface area contributed by atoms with Crippen molar-refractivity contribution in [2.24, 2.45) is 0 Å². The fraction of sp³-hybridized carbons (Fsp3) is 0.379. The highest BCUT2D eigenvalue weighted by molar-refractivity contribution is 5.61. The number of methoxy groups -OCH3 is 1. The van der Waals surface area contributed by atoms with E-state index < -0.39 is 0 Å². The van der Waals surface area contributed by atoms with Crippen molar-refractivity contribution < 1.29 is 9.13 Å². The van der Waals surface area contributed by atoms with Crippen LogP contribution < -0.4 is 9.64 Å². The Balaban J connectivity index is 1.19. The van der Waals surface area contributed by atoms with Gasteiger partial charge in [0.1, 0.15) is 11.6 Å². The zero-order valence-corrected chi connectivity index (χ0v) is 19.4. The van der Waals surface area contributed by atoms with Crippen LogP contribution in [0.4, 0.5) is 10.1 Å². The summed E-state index contributed by atoms with van der Waals surface area (Å²) in [6, 6.07) is 25.1. The van der Waals surface area contributed by atoms with E-state index in [-0.39, 0.29) is 5.82 Å². The molecule has 172 valence electrons. The number of anilines is 1. The van der Waals surface area contributed by atoms with Gasteiger partial charge in [0.25, 0.3) is 0 Å². The molecule has 0 N–H and O–H groups in total. The second-order valence-electron chi connectivity index (χ2n) is 9.41. The fourth-order valence-corrected chi connectivity index (χ4v) is 5.49. The zero-order chi connectivity index (χ0) is 22.6. The molecule has 3 nitrogen and oxygen atoms in total. The summed E-state index contributed by atoms with van der Waals surface area (Å²) in [5, 5.41) is 0. The van der Waals surface area contributed by atoms with Gasteiger partial charge < -0.3 is 14.5 Å². The molecule has 2 heterocycles. The first-order valence-electron chi connectivity index (χ1n) is 12.1. The number of nitrogens with zero attached hydrogens (tertiary/aromatic N) is 2. The Morgan fingerprint density at radius 2 is 1.58 bits per heavy atom. The van der Waals surface area contributed by atoms with Gasteiger partial charge in [0.05, 0.1) is 7.11 Å². The molecule has 0 radical (unpaired) electrons. The molecular weight excluding hydrogens is 411 g/mol. The SMILES string of the molecule is COc1ccc(CC2CN(C3CCN(CCc4ccc(F)cc4)CC3)c3ccccc32)cc1. The third-order valence-electron chi connectivity index (χ3n) is 7.37. The molecule has 2 aliphatic rings. The van der Waals surface area contributed by atoms with E-state index in [2.05, 4.69) is 58.3 Å². The summed E-state index contributed by atoms with van der Waals surface area (Å²) in [4.78, 5) is 5.25. The van der Waals surface area contributed by atoms with Crippen LogP contribution in [0.25, 0.3) is 0 Å². The smallest absolute Gasteiger partial charge is 0.123 e. The minimum atomic E-state index is -0.157. The maximum absolute atomic E-state index is 13.1. The van der Waals surface area contributed by atoms with Crippen molar-refractivity contribution in [1.82, 2.24) is 4.90 Å². The zero-order valence-electron chi connectivity index (χ0n) is 19.4. The van der Waals surface area contributed by atoms with Crippen molar-refractivity contribution in [3.8, 4) is 5.75 Å². The summed E-state index contributed by atoms with van der Waals surface area (Å²) >= 11 is 0. The molecule has 0 saturated carbocycles. The molecule has 3 aromatic carbocycles. The average Bonchev–Trinajstić information content (AvgIpc) is 3.23. The lowest BCUT2D eigenvalue weighted by Crippen LogP contribution is -2.45. The van der Waals surface area contributed by atoms with Gasteiger partial charge in [-0.2, -0.15) is 0 Å². The fourth-order valence-electron chi connectivity index (χ4n) is 5.49. The predicted octanol–water partition coefficient (Wildman–Crippen LogP) is 5.69. The topological polar surface area (TPSA) is 15.7 Å². The second-order valence-corrected chi connectivity index (χ2v) is 9.41. The largest absolute Gasteiger partial charge is 0.497 e. The minimum absolute atomic E-state index is 0.157. The number of rotatable bonds is 7. The standard InChI is InChI=1S/C29H33FN2O/c1-33-27-12-8-23(9-13-27)20-24-21-32(29-5-3-2-4-28(24)29)26-15-18-31(19-16-26)17-14-22-6-10-25(30)11-7-22/h2-13,24,26H,14-21H2,1H3. The van der Waals surface area contributed by atoms with Crippen LogP contribution in [0.1, 0.15) is 35.4 Å². The van der Waals surface area contributed by atoms with Crippen LogP contribution in [0.3, 0.4) is 0 Å². The molecule has 1 atom stereocenters. The first kappa shape index (κ1) is 22.0. The summed E-state index contributed by atoms with van der Waals surface area (Å²) < 4.78 is 18.5. The number of fused-ring (bicyclic) bond motifs is 1. The van der Waals surface area contributed by atoms with E-state index in [0.29, 0.717) is 12.0 Å². The van der Waals surface area contributed by atoms with Crippen LogP contribution in [-0.2, 0) is 12.8 Å². The van der Waals surface area contributed by atoms with Gasteiger partial charge in [0, 0.05) is 43.8 Å². The maximum atomic E-state index is 13.1. The molecule has 4 heteroatoms. The lowest BCUT2D eigenvalue weighted by molar-refractivity contribution is 0.211. The third kappa shape index (κ3) is 5.06. The molecule has 3 aromatic rings. The van der Waals surface area contributed by atoms with Crippen LogP contribution >= 0.6 is 0 Å². The maximum Gasteiger partial charge on any atom is 0.123 e. The van der Waals surface area contributed by atoms with E-state index >= 15 is 0 Å². The molecule has 0 spiro atoms. The van der Waals surface area contributed by atoms with Crippen molar-refractivity contribution in [1.29, 1.82) is 0 Å². The van der Waals surface area contributed by atoms with E-state index in [1.165, 1.54) is 35.2 Å². The van der Waals surface area contributed by atoms with Gasteiger partial charge >= 0.3 is 0 Å². The van der Waals surface area contributed by atoms with Crippen LogP contribution in [0, 0.1) is 5.82 Å². The van der Waals surface area contributed by atoms with Gasteiger partial charge in [-0.1, -0.05) is 42.5 Å². The highest BCUT2D eigenvalue weighted by Gasteiger charge is 2.34. The summed E-state index contributed by atoms with van der Waals surface area (Å²) in [5.74, 6) is 1.29. The number of likely N-dealkylation sites (tertiary alicyclic amines) is 1. The predicted molar refractivity (Wildman–Crippen MR) is 133 cm³/mol. The molecule has 0 bridgehead atoms. The van der Waals surface area contributed by atoms with Crippen LogP contribution in [0.2, 0.25) is 0 Å². The Morgan fingerprint density at radius 1 is 0.879 bits per heavy atom. The highest BCUT2D eigenvalue weighted by Crippen LogP contribution is 2.40. The Bertz CT molecular complexity index is 1040. The number of ether oxygens (including phenoxy) is 1. The number of para-hydroxylation sites is 1. The van der Waals surface area contributed by atoms with Crippen LogP contribution in [0.15, 0.2) is 72.8 Å². The molecule has 1 unspecified atom stereocenters. The van der Waals surface area contributed by atoms with Crippen molar-refractivity contribution in [2.75, 3.05) is 38.2 Å². The van der Waals surface area contributed by atoms with Gasteiger partial charge in [-0.15, -0.1) is 0 Å². The molecule has 5 rings (SSSR count). The van der Waals surface area contributed by atoms with E-state index in [1.807, 2.05) is 12.1 Å². The van der Waals surface area contributed by atoms with Gasteiger partial charge in [-0.3, -0.25) is 0 Å². The molecule has 0 aromatic heterocycles. The van der Waals surface area contributed by atoms with E-state index in [4.69, 9.17) is 4.74 Å². The van der Waals surface area contributed by atoms with Crippen molar-refractivity contribution in [2.45, 2.75) is 37.6 Å². The van der Waals surface area contributed by atoms with E-state index in [1.54, 1.807) is 19.2 Å². The van der Waals surface area contributed by atoms with Crippen molar-refractivity contribution in [3.05, 3.63) is 95.3 Å². The molecule has 0 amide bonds. The number of hydrogen-bond acceptors (Lipinski definition) is 3. The normalized spacial score (nSPS) is 19.0. The number of piperidine rings is 1. The first-order chi connectivity index (χ1) is 16.2. The minimum Gasteiger partial charge on any atom is -0.497 e. The van der Waals surface area contributed by atoms with Gasteiger partial charge in [0.2, 0.25) is 0 Å². The first-order valence-corrected chi connectivity index (χ1v) is 12.1. The molecule has 0 aliphatic carbocycles. The highest BCUT2D eigenvalue weighted by atomic mass is 19.1. The summed E-state index contributed by atoms with van der Waals surface area (Å²) in [5.41, 5.74) is 5.51. The Hall–Kier alpha value is -2.85. The number of benzene rings is 3. The quantitative estimate of drug-likeness (QED) is 0.466. The Kier molecular flexibility index (Phi) is 6.63. The number of hydrogen-bond donors (Lipinski definition) is 0. The molecule has 1 fully saturated rings. The third-order valence-corrected chi connectivity index (χ3v) is 7.37. The lowest BCUT2D eigenvalue weighted by Gasteiger charge is -2.38. The molecule has 33 heavy (non-hydrogen) atoms. The van der Waals surface area contributed by atoms with Crippen molar-refractivity contribution in [3.63, 3.8) is 0 Å². The van der Waals surface area contributed by atoms with Gasteiger partial charge in [-0.05, 0) is 72.7 Å². The second kappa shape index (κ2) is 9.96. The number of halogens is 1. The summed E-state index contributed by atoms with van der Waals surface area (Å²) in [6.45, 7) is 4.42. The van der Waals surface area contributed by atoms with Crippen molar-refractivity contribution >= 4 is 5.69 Å². The Morgan fingerprint density at radius 3 is 2.30 bits per heavy atom. The summed E-state index contributed by atoms with van der Waals surface area (Å²) in [6.07, 6.45) is 4.45. The van der Waals surface area contributed by atoms with Crippen LogP contribution in [0.5, 0.6) is 5.75 Å². The molecule has 2 aliphatic heterocycles.